The van der Waals surface area contributed by atoms with E-state index in [0.29, 0.717) is 5.69 Å². The number of aryl methyl sites for hydroxylation is 1. The maximum absolute atomic E-state index is 10.5. The summed E-state index contributed by atoms with van der Waals surface area (Å²) in [6, 6.07) is 5.42. The maximum atomic E-state index is 10.5. The molecule has 4 nitrogen and oxygen atoms in total. The van der Waals surface area contributed by atoms with Crippen molar-refractivity contribution >= 4 is 17.3 Å². The molecule has 0 aliphatic rings. The molecular formula is C11H16N2O2. The Balaban J connectivity index is 2.68. The summed E-state index contributed by atoms with van der Waals surface area (Å²) in [6.07, 6.45) is 0.101. The van der Waals surface area contributed by atoms with Crippen LogP contribution in [0.3, 0.4) is 0 Å². The minimum Gasteiger partial charge on any atom is -0.481 e. The first-order valence-electron chi connectivity index (χ1n) is 4.83. The van der Waals surface area contributed by atoms with E-state index in [1.165, 1.54) is 0 Å². The Bertz CT molecular complexity index is 364. The first-order valence-corrected chi connectivity index (χ1v) is 4.83. The van der Waals surface area contributed by atoms with Crippen molar-refractivity contribution < 1.29 is 9.90 Å². The number of carboxylic acid groups (broad SMARTS) is 1. The number of nitrogen functional groups attached to an aromatic ring is 1. The molecule has 0 radical (unpaired) electrons. The van der Waals surface area contributed by atoms with Crippen LogP contribution in [0.1, 0.15) is 18.9 Å². The topological polar surface area (TPSA) is 75.3 Å². The molecule has 1 unspecified atom stereocenters. The average molecular weight is 208 g/mol. The highest BCUT2D eigenvalue weighted by Gasteiger charge is 2.08. The van der Waals surface area contributed by atoms with Gasteiger partial charge in [-0.25, -0.2) is 0 Å². The fourth-order valence-electron chi connectivity index (χ4n) is 1.43. The number of carboxylic acids is 1. The summed E-state index contributed by atoms with van der Waals surface area (Å²) < 4.78 is 0. The summed E-state index contributed by atoms with van der Waals surface area (Å²) >= 11 is 0. The van der Waals surface area contributed by atoms with Crippen LogP contribution in [0, 0.1) is 6.92 Å². The summed E-state index contributed by atoms with van der Waals surface area (Å²) in [6.45, 7) is 3.77. The summed E-state index contributed by atoms with van der Waals surface area (Å²) in [5.41, 5.74) is 8.28. The lowest BCUT2D eigenvalue weighted by Gasteiger charge is -2.15. The minimum atomic E-state index is -0.803. The second-order valence-electron chi connectivity index (χ2n) is 3.72. The van der Waals surface area contributed by atoms with Crippen LogP contribution in [0.5, 0.6) is 0 Å². The van der Waals surface area contributed by atoms with Gasteiger partial charge < -0.3 is 16.2 Å². The van der Waals surface area contributed by atoms with E-state index in [2.05, 4.69) is 5.32 Å². The molecule has 82 valence electrons. The SMILES string of the molecule is Cc1cc(N)ccc1NC(C)CC(=O)O. The van der Waals surface area contributed by atoms with Crippen LogP contribution in [0.15, 0.2) is 18.2 Å². The van der Waals surface area contributed by atoms with Crippen LogP contribution in [0.2, 0.25) is 0 Å². The van der Waals surface area contributed by atoms with Gasteiger partial charge in [0.1, 0.15) is 0 Å². The van der Waals surface area contributed by atoms with Crippen molar-refractivity contribution in [3.63, 3.8) is 0 Å². The van der Waals surface area contributed by atoms with Crippen molar-refractivity contribution in [1.82, 2.24) is 0 Å². The molecule has 1 aromatic rings. The molecule has 4 heteroatoms. The number of anilines is 2. The van der Waals surface area contributed by atoms with E-state index in [1.54, 1.807) is 6.07 Å². The summed E-state index contributed by atoms with van der Waals surface area (Å²) in [5.74, 6) is -0.803. The van der Waals surface area contributed by atoms with Crippen molar-refractivity contribution in [2.75, 3.05) is 11.1 Å². The Morgan fingerprint density at radius 1 is 1.60 bits per heavy atom. The summed E-state index contributed by atoms with van der Waals surface area (Å²) in [4.78, 5) is 10.5. The second-order valence-corrected chi connectivity index (χ2v) is 3.72. The van der Waals surface area contributed by atoms with E-state index < -0.39 is 5.97 Å². The van der Waals surface area contributed by atoms with Gasteiger partial charge in [0, 0.05) is 17.4 Å². The number of benzene rings is 1. The molecule has 0 heterocycles. The van der Waals surface area contributed by atoms with E-state index in [0.717, 1.165) is 11.3 Å². The number of nitrogens with two attached hydrogens (primary N) is 1. The summed E-state index contributed by atoms with van der Waals surface area (Å²) in [5, 5.41) is 11.7. The number of nitrogens with one attached hydrogen (secondary N) is 1. The van der Waals surface area contributed by atoms with Crippen molar-refractivity contribution in [2.24, 2.45) is 0 Å². The first kappa shape index (κ1) is 11.4. The Hall–Kier alpha value is -1.71. The Morgan fingerprint density at radius 2 is 2.27 bits per heavy atom. The average Bonchev–Trinajstić information content (AvgIpc) is 2.08. The van der Waals surface area contributed by atoms with Gasteiger partial charge in [0.25, 0.3) is 0 Å². The van der Waals surface area contributed by atoms with Crippen molar-refractivity contribution in [3.8, 4) is 0 Å². The lowest BCUT2D eigenvalue weighted by atomic mass is 10.1. The van der Waals surface area contributed by atoms with Crippen LogP contribution >= 0.6 is 0 Å². The first-order chi connectivity index (χ1) is 6.99. The van der Waals surface area contributed by atoms with E-state index in [1.807, 2.05) is 26.0 Å². The van der Waals surface area contributed by atoms with E-state index in [4.69, 9.17) is 10.8 Å². The number of rotatable bonds is 4. The highest BCUT2D eigenvalue weighted by Crippen LogP contribution is 2.18. The lowest BCUT2D eigenvalue weighted by Crippen LogP contribution is -2.19. The molecule has 1 aromatic carbocycles. The molecule has 0 spiro atoms. The second kappa shape index (κ2) is 4.68. The quantitative estimate of drug-likeness (QED) is 0.660. The zero-order chi connectivity index (χ0) is 11.4. The molecule has 0 aromatic heterocycles. The lowest BCUT2D eigenvalue weighted by molar-refractivity contribution is -0.137. The number of carbonyl (C=O) groups is 1. The van der Waals surface area contributed by atoms with Gasteiger partial charge in [0.05, 0.1) is 6.42 Å². The van der Waals surface area contributed by atoms with Crippen LogP contribution in [0.4, 0.5) is 11.4 Å². The molecule has 0 aliphatic carbocycles. The third-order valence-electron chi connectivity index (χ3n) is 2.13. The molecular weight excluding hydrogens is 192 g/mol. The standard InChI is InChI=1S/C11H16N2O2/c1-7-5-9(12)3-4-10(7)13-8(2)6-11(14)15/h3-5,8,13H,6,12H2,1-2H3,(H,14,15). The van der Waals surface area contributed by atoms with Gasteiger partial charge in [0.2, 0.25) is 0 Å². The van der Waals surface area contributed by atoms with Gasteiger partial charge >= 0.3 is 5.97 Å². The highest BCUT2D eigenvalue weighted by molar-refractivity contribution is 5.68. The molecule has 1 atom stereocenters. The largest absolute Gasteiger partial charge is 0.481 e. The van der Waals surface area contributed by atoms with Gasteiger partial charge in [-0.1, -0.05) is 0 Å². The third-order valence-corrected chi connectivity index (χ3v) is 2.13. The molecule has 0 saturated carbocycles. The molecule has 4 N–H and O–H groups in total. The number of hydrogen-bond acceptors (Lipinski definition) is 3. The van der Waals surface area contributed by atoms with Crippen LogP contribution in [-0.2, 0) is 4.79 Å². The van der Waals surface area contributed by atoms with Crippen LogP contribution in [0.25, 0.3) is 0 Å². The van der Waals surface area contributed by atoms with Gasteiger partial charge in [-0.15, -0.1) is 0 Å². The number of hydrogen-bond donors (Lipinski definition) is 3. The van der Waals surface area contributed by atoms with Crippen molar-refractivity contribution in [2.45, 2.75) is 26.3 Å². The van der Waals surface area contributed by atoms with Crippen molar-refractivity contribution in [1.29, 1.82) is 0 Å². The highest BCUT2D eigenvalue weighted by atomic mass is 16.4. The normalized spacial score (nSPS) is 12.1. The Kier molecular flexibility index (Phi) is 3.55. The van der Waals surface area contributed by atoms with Gasteiger partial charge in [-0.05, 0) is 37.6 Å². The van der Waals surface area contributed by atoms with Gasteiger partial charge in [-0.3, -0.25) is 4.79 Å². The monoisotopic (exact) mass is 208 g/mol. The maximum Gasteiger partial charge on any atom is 0.305 e. The molecule has 0 bridgehead atoms. The molecule has 0 fully saturated rings. The molecule has 1 rings (SSSR count). The predicted molar refractivity (Wildman–Crippen MR) is 60.9 cm³/mol. The zero-order valence-electron chi connectivity index (χ0n) is 8.95. The fraction of sp³-hybridized carbons (Fsp3) is 0.364. The van der Waals surface area contributed by atoms with Gasteiger partial charge in [0.15, 0.2) is 0 Å². The fourth-order valence-corrected chi connectivity index (χ4v) is 1.43. The van der Waals surface area contributed by atoms with Crippen LogP contribution in [-0.4, -0.2) is 17.1 Å². The summed E-state index contributed by atoms with van der Waals surface area (Å²) in [7, 11) is 0. The van der Waals surface area contributed by atoms with Crippen molar-refractivity contribution in [3.05, 3.63) is 23.8 Å². The molecule has 0 amide bonds. The third kappa shape index (κ3) is 3.50. The minimum absolute atomic E-state index is 0.0928. The Morgan fingerprint density at radius 3 is 2.80 bits per heavy atom. The predicted octanol–water partition coefficient (Wildman–Crippen LogP) is 1.85. The smallest absolute Gasteiger partial charge is 0.305 e. The van der Waals surface area contributed by atoms with Gasteiger partial charge in [-0.2, -0.15) is 0 Å². The van der Waals surface area contributed by atoms with E-state index in [9.17, 15) is 4.79 Å². The molecule has 15 heavy (non-hydrogen) atoms. The van der Waals surface area contributed by atoms with E-state index >= 15 is 0 Å². The van der Waals surface area contributed by atoms with E-state index in [-0.39, 0.29) is 12.5 Å². The zero-order valence-corrected chi connectivity index (χ0v) is 8.95. The Labute approximate surface area is 89.1 Å². The van der Waals surface area contributed by atoms with Crippen LogP contribution < -0.4 is 11.1 Å². The number of aliphatic carboxylic acids is 1. The molecule has 0 saturated heterocycles. The molecule has 0 aliphatic heterocycles.